The average molecular weight is 386 g/mol. The van der Waals surface area contributed by atoms with Crippen molar-refractivity contribution < 1.29 is 9.53 Å². The fourth-order valence-electron chi connectivity index (χ4n) is 4.30. The molecule has 3 rings (SSSR count). The molecule has 4 heteroatoms. The molecular weight excluding hydrogens is 360 g/mol. The number of methoxy groups -OCH3 is 1. The monoisotopic (exact) mass is 386 g/mol. The topological polar surface area (TPSA) is 73.9 Å². The molecule has 2 aromatic carbocycles. The van der Waals surface area contributed by atoms with Gasteiger partial charge in [0, 0.05) is 18.9 Å². The van der Waals surface area contributed by atoms with E-state index >= 15 is 0 Å². The van der Waals surface area contributed by atoms with Crippen molar-refractivity contribution in [1.82, 2.24) is 0 Å². The van der Waals surface area contributed by atoms with Gasteiger partial charge in [0.15, 0.2) is 0 Å². The number of ketones is 1. The zero-order chi connectivity index (χ0) is 20.6. The van der Waals surface area contributed by atoms with Gasteiger partial charge in [0.1, 0.15) is 5.78 Å². The van der Waals surface area contributed by atoms with Gasteiger partial charge in [-0.1, -0.05) is 43.5 Å². The summed E-state index contributed by atoms with van der Waals surface area (Å²) in [5.74, 6) is 0.0474. The number of benzene rings is 2. The summed E-state index contributed by atoms with van der Waals surface area (Å²) >= 11 is 0. The van der Waals surface area contributed by atoms with Gasteiger partial charge in [-0.2, -0.15) is 10.5 Å². The third kappa shape index (κ3) is 5.11. The van der Waals surface area contributed by atoms with E-state index in [-0.39, 0.29) is 23.7 Å². The largest absolute Gasteiger partial charge is 0.376 e. The van der Waals surface area contributed by atoms with Gasteiger partial charge in [-0.3, -0.25) is 4.79 Å². The van der Waals surface area contributed by atoms with Crippen LogP contribution in [0.1, 0.15) is 60.5 Å². The summed E-state index contributed by atoms with van der Waals surface area (Å²) in [5.41, 5.74) is 3.28. The molecular formula is C25H26N2O2. The Hall–Kier alpha value is -2.95. The normalized spacial score (nSPS) is 20.7. The lowest BCUT2D eigenvalue weighted by Crippen LogP contribution is -2.32. The minimum absolute atomic E-state index is 0.0377. The average Bonchev–Trinajstić information content (AvgIpc) is 2.76. The van der Waals surface area contributed by atoms with Crippen molar-refractivity contribution in [3.05, 3.63) is 70.8 Å². The van der Waals surface area contributed by atoms with Gasteiger partial charge < -0.3 is 4.74 Å². The molecule has 0 radical (unpaired) electrons. The Labute approximate surface area is 172 Å². The first-order valence-electron chi connectivity index (χ1n) is 10.2. The fourth-order valence-corrected chi connectivity index (χ4v) is 4.30. The van der Waals surface area contributed by atoms with Crippen LogP contribution in [0.4, 0.5) is 0 Å². The highest BCUT2D eigenvalue weighted by atomic mass is 16.5. The molecule has 1 fully saturated rings. The molecule has 148 valence electrons. The first-order valence-corrected chi connectivity index (χ1v) is 10.2. The summed E-state index contributed by atoms with van der Waals surface area (Å²) in [7, 11) is 1.66. The van der Waals surface area contributed by atoms with Crippen molar-refractivity contribution in [2.45, 2.75) is 44.6 Å². The predicted octanol–water partition coefficient (Wildman–Crippen LogP) is 5.13. The van der Waals surface area contributed by atoms with E-state index in [1.54, 1.807) is 19.2 Å². The van der Waals surface area contributed by atoms with Crippen LogP contribution in [0, 0.1) is 34.5 Å². The fraction of sp³-hybridized carbons (Fsp3) is 0.400. The summed E-state index contributed by atoms with van der Waals surface area (Å²) in [6.07, 6.45) is 5.32. The Morgan fingerprint density at radius 2 is 1.52 bits per heavy atom. The second-order valence-electron chi connectivity index (χ2n) is 7.75. The van der Waals surface area contributed by atoms with Gasteiger partial charge in [-0.05, 0) is 54.7 Å². The number of carbonyl (C=O) groups excluding carboxylic acids is 1. The van der Waals surface area contributed by atoms with Crippen LogP contribution in [-0.2, 0) is 16.0 Å². The van der Waals surface area contributed by atoms with Crippen LogP contribution in [0.15, 0.2) is 48.5 Å². The van der Waals surface area contributed by atoms with Crippen LogP contribution in [-0.4, -0.2) is 12.9 Å². The Morgan fingerprint density at radius 1 is 0.931 bits per heavy atom. The van der Waals surface area contributed by atoms with E-state index in [0.29, 0.717) is 17.5 Å². The molecule has 0 spiro atoms. The molecule has 0 aliphatic heterocycles. The van der Waals surface area contributed by atoms with Crippen LogP contribution < -0.4 is 0 Å². The molecule has 0 N–H and O–H groups in total. The molecule has 2 aromatic rings. The summed E-state index contributed by atoms with van der Waals surface area (Å²) in [4.78, 5) is 13.5. The minimum atomic E-state index is -0.295. The van der Waals surface area contributed by atoms with Crippen molar-refractivity contribution in [2.75, 3.05) is 7.11 Å². The smallest absolute Gasteiger partial charge is 0.142 e. The number of Topliss-reactive ketones (excluding diaryl/α,β-unsaturated/α-hetero) is 1. The van der Waals surface area contributed by atoms with Crippen molar-refractivity contribution in [3.63, 3.8) is 0 Å². The number of ether oxygens (including phenoxy) is 1. The molecule has 1 aliphatic rings. The van der Waals surface area contributed by atoms with Crippen LogP contribution >= 0.6 is 0 Å². The standard InChI is InChI=1S/C25H26N2O2/c1-29-25(21-13-11-20(17-27)12-14-21)23-6-4-2-3-5-22(24(23)28)15-18-7-9-19(16-26)10-8-18/h7-14,22-23,25H,2-6,15H2,1H3. The number of rotatable bonds is 5. The zero-order valence-electron chi connectivity index (χ0n) is 16.8. The predicted molar refractivity (Wildman–Crippen MR) is 111 cm³/mol. The highest BCUT2D eigenvalue weighted by Crippen LogP contribution is 2.36. The van der Waals surface area contributed by atoms with Crippen molar-refractivity contribution in [3.8, 4) is 12.1 Å². The molecule has 1 saturated carbocycles. The molecule has 29 heavy (non-hydrogen) atoms. The van der Waals surface area contributed by atoms with Crippen molar-refractivity contribution in [1.29, 1.82) is 10.5 Å². The Morgan fingerprint density at radius 3 is 2.10 bits per heavy atom. The molecule has 0 bridgehead atoms. The van der Waals surface area contributed by atoms with E-state index in [2.05, 4.69) is 12.1 Å². The van der Waals surface area contributed by atoms with Crippen LogP contribution in [0.3, 0.4) is 0 Å². The number of nitrogens with zero attached hydrogens (tertiary/aromatic N) is 2. The Kier molecular flexibility index (Phi) is 7.17. The summed E-state index contributed by atoms with van der Waals surface area (Å²) in [6, 6.07) is 19.2. The Bertz CT molecular complexity index is 904. The first-order chi connectivity index (χ1) is 14.2. The number of hydrogen-bond acceptors (Lipinski definition) is 4. The molecule has 0 saturated heterocycles. The minimum Gasteiger partial charge on any atom is -0.376 e. The van der Waals surface area contributed by atoms with Gasteiger partial charge in [-0.15, -0.1) is 0 Å². The molecule has 0 amide bonds. The second kappa shape index (κ2) is 10.0. The van der Waals surface area contributed by atoms with Crippen molar-refractivity contribution >= 4 is 5.78 Å². The van der Waals surface area contributed by atoms with Crippen LogP contribution in [0.25, 0.3) is 0 Å². The van der Waals surface area contributed by atoms with Gasteiger partial charge >= 0.3 is 0 Å². The maximum Gasteiger partial charge on any atom is 0.142 e. The summed E-state index contributed by atoms with van der Waals surface area (Å²) in [6.45, 7) is 0. The third-order valence-electron chi connectivity index (χ3n) is 5.89. The van der Waals surface area contributed by atoms with E-state index in [9.17, 15) is 4.79 Å². The van der Waals surface area contributed by atoms with E-state index in [1.165, 1.54) is 0 Å². The van der Waals surface area contributed by atoms with E-state index in [4.69, 9.17) is 15.3 Å². The molecule has 3 atom stereocenters. The quantitative estimate of drug-likeness (QED) is 0.714. The number of hydrogen-bond donors (Lipinski definition) is 0. The molecule has 3 unspecified atom stereocenters. The van der Waals surface area contributed by atoms with E-state index in [1.807, 2.05) is 36.4 Å². The van der Waals surface area contributed by atoms with Crippen LogP contribution in [0.2, 0.25) is 0 Å². The van der Waals surface area contributed by atoms with Gasteiger partial charge in [-0.25, -0.2) is 0 Å². The van der Waals surface area contributed by atoms with Gasteiger partial charge in [0.05, 0.1) is 29.4 Å². The maximum atomic E-state index is 13.5. The summed E-state index contributed by atoms with van der Waals surface area (Å²) < 4.78 is 5.81. The highest BCUT2D eigenvalue weighted by molar-refractivity contribution is 5.84. The number of carbonyl (C=O) groups is 1. The lowest BCUT2D eigenvalue weighted by Gasteiger charge is -2.31. The van der Waals surface area contributed by atoms with Gasteiger partial charge in [0.25, 0.3) is 0 Å². The highest BCUT2D eigenvalue weighted by Gasteiger charge is 2.34. The van der Waals surface area contributed by atoms with Crippen LogP contribution in [0.5, 0.6) is 0 Å². The maximum absolute atomic E-state index is 13.5. The van der Waals surface area contributed by atoms with E-state index < -0.39 is 0 Å². The second-order valence-corrected chi connectivity index (χ2v) is 7.75. The summed E-state index contributed by atoms with van der Waals surface area (Å²) in [5, 5.41) is 18.0. The number of nitriles is 2. The molecule has 1 aliphatic carbocycles. The first kappa shape index (κ1) is 20.8. The Balaban J connectivity index is 1.82. The molecule has 4 nitrogen and oxygen atoms in total. The van der Waals surface area contributed by atoms with Gasteiger partial charge in [0.2, 0.25) is 0 Å². The SMILES string of the molecule is COC(c1ccc(C#N)cc1)C1CCCCCC(Cc2ccc(C#N)cc2)C1=O. The third-order valence-corrected chi connectivity index (χ3v) is 5.89. The lowest BCUT2D eigenvalue weighted by molar-refractivity contribution is -0.132. The van der Waals surface area contributed by atoms with E-state index in [0.717, 1.165) is 43.2 Å². The molecule has 0 aromatic heterocycles. The van der Waals surface area contributed by atoms with Crippen molar-refractivity contribution in [2.24, 2.45) is 11.8 Å². The molecule has 0 heterocycles. The zero-order valence-corrected chi connectivity index (χ0v) is 16.8. The lowest BCUT2D eigenvalue weighted by atomic mass is 9.76.